The summed E-state index contributed by atoms with van der Waals surface area (Å²) < 4.78 is 9.19. The zero-order valence-corrected chi connectivity index (χ0v) is 11.6. The maximum atomic E-state index is 10.8. The van der Waals surface area contributed by atoms with Crippen LogP contribution in [0.4, 0.5) is 0 Å². The molecule has 17 heavy (non-hydrogen) atoms. The Morgan fingerprint density at radius 2 is 1.47 bits per heavy atom. The molecule has 4 nitrogen and oxygen atoms in total. The Morgan fingerprint density at radius 3 is 1.82 bits per heavy atom. The highest BCUT2D eigenvalue weighted by atomic mass is 16.5. The molecule has 0 aromatic carbocycles. The number of carbonyl (C=O) groups excluding carboxylic acids is 2. The fourth-order valence-electron chi connectivity index (χ4n) is 1.13. The topological polar surface area (TPSA) is 52.6 Å². The Morgan fingerprint density at radius 1 is 0.882 bits per heavy atom. The van der Waals surface area contributed by atoms with Crippen molar-refractivity contribution in [1.29, 1.82) is 0 Å². The molecule has 0 bridgehead atoms. The van der Waals surface area contributed by atoms with Crippen molar-refractivity contribution in [1.82, 2.24) is 0 Å². The summed E-state index contributed by atoms with van der Waals surface area (Å²) in [6.07, 6.45) is 5.15. The van der Waals surface area contributed by atoms with Crippen molar-refractivity contribution in [2.45, 2.75) is 59.8 Å². The lowest BCUT2D eigenvalue weighted by Gasteiger charge is -2.00. The Hall–Kier alpha value is -1.06. The van der Waals surface area contributed by atoms with E-state index in [-0.39, 0.29) is 11.9 Å². The molecule has 0 aromatic heterocycles. The van der Waals surface area contributed by atoms with Gasteiger partial charge in [-0.15, -0.1) is 0 Å². The quantitative estimate of drug-likeness (QED) is 0.511. The van der Waals surface area contributed by atoms with E-state index in [4.69, 9.17) is 4.74 Å². The van der Waals surface area contributed by atoms with Crippen LogP contribution in [0.1, 0.15) is 59.8 Å². The number of esters is 2. The van der Waals surface area contributed by atoms with Crippen LogP contribution in [0, 0.1) is 0 Å². The first-order valence-electron chi connectivity index (χ1n) is 6.37. The predicted octanol–water partition coefficient (Wildman–Crippen LogP) is 3.09. The van der Waals surface area contributed by atoms with Crippen molar-refractivity contribution in [2.75, 3.05) is 13.2 Å². The lowest BCUT2D eigenvalue weighted by atomic mass is 10.2. The van der Waals surface area contributed by atoms with Gasteiger partial charge >= 0.3 is 11.9 Å². The van der Waals surface area contributed by atoms with E-state index >= 15 is 0 Å². The van der Waals surface area contributed by atoms with Crippen LogP contribution in [-0.2, 0) is 19.1 Å². The van der Waals surface area contributed by atoms with Gasteiger partial charge in [-0.3, -0.25) is 9.59 Å². The minimum atomic E-state index is -0.211. The van der Waals surface area contributed by atoms with Gasteiger partial charge in [0.15, 0.2) is 0 Å². The standard InChI is InChI=1S/C9H18O2.C4H8O2/c1-3-5-6-7-8-9(10)11-4-2;1-3-6-4(2)5/h3-8H2,1-2H3;3H2,1-2H3. The van der Waals surface area contributed by atoms with Crippen LogP contribution in [0.5, 0.6) is 0 Å². The van der Waals surface area contributed by atoms with Crippen LogP contribution in [0.25, 0.3) is 0 Å². The van der Waals surface area contributed by atoms with E-state index in [1.165, 1.54) is 19.8 Å². The second kappa shape index (κ2) is 14.9. The largest absolute Gasteiger partial charge is 0.466 e. The average molecular weight is 246 g/mol. The van der Waals surface area contributed by atoms with Crippen molar-refractivity contribution in [3.8, 4) is 0 Å². The maximum absolute atomic E-state index is 10.8. The summed E-state index contributed by atoms with van der Waals surface area (Å²) in [5.74, 6) is -0.263. The smallest absolute Gasteiger partial charge is 0.305 e. The van der Waals surface area contributed by atoms with Gasteiger partial charge in [0.2, 0.25) is 0 Å². The summed E-state index contributed by atoms with van der Waals surface area (Å²) in [7, 11) is 0. The first-order chi connectivity index (χ1) is 8.08. The van der Waals surface area contributed by atoms with E-state index in [9.17, 15) is 9.59 Å². The molecule has 0 fully saturated rings. The van der Waals surface area contributed by atoms with Crippen molar-refractivity contribution >= 4 is 11.9 Å². The minimum Gasteiger partial charge on any atom is -0.466 e. The summed E-state index contributed by atoms with van der Waals surface area (Å²) >= 11 is 0. The molecule has 0 aromatic rings. The molecule has 0 atom stereocenters. The molecule has 0 amide bonds. The highest BCUT2D eigenvalue weighted by Crippen LogP contribution is 2.02. The Balaban J connectivity index is 0. The average Bonchev–Trinajstić information content (AvgIpc) is 2.25. The van der Waals surface area contributed by atoms with Crippen molar-refractivity contribution in [3.05, 3.63) is 0 Å². The van der Waals surface area contributed by atoms with Crippen LogP contribution >= 0.6 is 0 Å². The fourth-order valence-corrected chi connectivity index (χ4v) is 1.13. The van der Waals surface area contributed by atoms with Gasteiger partial charge < -0.3 is 9.47 Å². The zero-order chi connectivity index (χ0) is 13.5. The first kappa shape index (κ1) is 18.3. The second-order valence-electron chi connectivity index (χ2n) is 3.54. The summed E-state index contributed by atoms with van der Waals surface area (Å²) in [5.41, 5.74) is 0. The van der Waals surface area contributed by atoms with Crippen LogP contribution in [-0.4, -0.2) is 25.2 Å². The molecule has 102 valence electrons. The Bertz CT molecular complexity index is 190. The van der Waals surface area contributed by atoms with Gasteiger partial charge in [0.1, 0.15) is 0 Å². The number of unbranched alkanes of at least 4 members (excludes halogenated alkanes) is 3. The number of rotatable bonds is 7. The van der Waals surface area contributed by atoms with Gasteiger partial charge in [0, 0.05) is 13.3 Å². The lowest BCUT2D eigenvalue weighted by Crippen LogP contribution is -2.02. The molecule has 0 saturated heterocycles. The van der Waals surface area contributed by atoms with E-state index in [0.717, 1.165) is 12.8 Å². The predicted molar refractivity (Wildman–Crippen MR) is 67.7 cm³/mol. The third kappa shape index (κ3) is 20.9. The molecule has 0 aliphatic rings. The third-order valence-corrected chi connectivity index (χ3v) is 1.89. The number of hydrogen-bond donors (Lipinski definition) is 0. The SMILES string of the molecule is CCCCCCC(=O)OCC.CCOC(C)=O. The van der Waals surface area contributed by atoms with Gasteiger partial charge in [0.05, 0.1) is 13.2 Å². The molecule has 0 saturated carbocycles. The molecular weight excluding hydrogens is 220 g/mol. The van der Waals surface area contributed by atoms with Crippen molar-refractivity contribution in [2.24, 2.45) is 0 Å². The molecule has 0 radical (unpaired) electrons. The van der Waals surface area contributed by atoms with Gasteiger partial charge in [0.25, 0.3) is 0 Å². The van der Waals surface area contributed by atoms with E-state index in [0.29, 0.717) is 19.6 Å². The molecule has 0 heterocycles. The van der Waals surface area contributed by atoms with E-state index < -0.39 is 0 Å². The molecule has 0 aliphatic carbocycles. The van der Waals surface area contributed by atoms with Crippen LogP contribution < -0.4 is 0 Å². The summed E-state index contributed by atoms with van der Waals surface area (Å²) in [5, 5.41) is 0. The second-order valence-corrected chi connectivity index (χ2v) is 3.54. The number of hydrogen-bond acceptors (Lipinski definition) is 4. The lowest BCUT2D eigenvalue weighted by molar-refractivity contribution is -0.143. The minimum absolute atomic E-state index is 0.0522. The van der Waals surface area contributed by atoms with Gasteiger partial charge in [-0.25, -0.2) is 0 Å². The van der Waals surface area contributed by atoms with Gasteiger partial charge in [-0.2, -0.15) is 0 Å². The first-order valence-corrected chi connectivity index (χ1v) is 6.37. The number of carbonyl (C=O) groups is 2. The normalized spacial score (nSPS) is 8.94. The highest BCUT2D eigenvalue weighted by molar-refractivity contribution is 5.69. The molecular formula is C13H26O4. The summed E-state index contributed by atoms with van der Waals surface area (Å²) in [6, 6.07) is 0. The maximum Gasteiger partial charge on any atom is 0.305 e. The molecule has 0 aliphatic heterocycles. The van der Waals surface area contributed by atoms with Gasteiger partial charge in [-0.1, -0.05) is 26.2 Å². The molecule has 0 unspecified atom stereocenters. The Kier molecular flexibility index (Phi) is 16.1. The summed E-state index contributed by atoms with van der Waals surface area (Å²) in [4.78, 5) is 20.6. The van der Waals surface area contributed by atoms with Crippen LogP contribution in [0.2, 0.25) is 0 Å². The molecule has 0 rings (SSSR count). The fraction of sp³-hybridized carbons (Fsp3) is 0.846. The van der Waals surface area contributed by atoms with Crippen molar-refractivity contribution < 1.29 is 19.1 Å². The van der Waals surface area contributed by atoms with E-state index in [2.05, 4.69) is 11.7 Å². The Labute approximate surface area is 105 Å². The van der Waals surface area contributed by atoms with Crippen molar-refractivity contribution in [3.63, 3.8) is 0 Å². The van der Waals surface area contributed by atoms with E-state index in [1.54, 1.807) is 6.92 Å². The number of ether oxygens (including phenoxy) is 2. The van der Waals surface area contributed by atoms with Gasteiger partial charge in [-0.05, 0) is 20.3 Å². The van der Waals surface area contributed by atoms with Crippen LogP contribution in [0.3, 0.4) is 0 Å². The third-order valence-electron chi connectivity index (χ3n) is 1.89. The summed E-state index contributed by atoms with van der Waals surface area (Å²) in [6.45, 7) is 8.15. The van der Waals surface area contributed by atoms with Crippen LogP contribution in [0.15, 0.2) is 0 Å². The highest BCUT2D eigenvalue weighted by Gasteiger charge is 1.99. The molecule has 0 N–H and O–H groups in total. The monoisotopic (exact) mass is 246 g/mol. The molecule has 4 heteroatoms. The van der Waals surface area contributed by atoms with E-state index in [1.807, 2.05) is 6.92 Å². The zero-order valence-electron chi connectivity index (χ0n) is 11.6. The molecule has 0 spiro atoms.